The first kappa shape index (κ1) is 11.7. The second-order valence-corrected chi connectivity index (χ2v) is 3.21. The molecule has 0 atom stereocenters. The summed E-state index contributed by atoms with van der Waals surface area (Å²) in [6, 6.07) is 10.5. The number of nitrogens with zero attached hydrogens (tertiary/aromatic N) is 2. The molecular weight excluding hydrogens is 202 g/mol. The molecule has 80 valence electrons. The largest absolute Gasteiger partial charge is 0.352 e. The molecule has 0 saturated heterocycles. The maximum absolute atomic E-state index is 11.6. The molecule has 1 amide bonds. The van der Waals surface area contributed by atoms with E-state index in [1.54, 1.807) is 24.3 Å². The number of carbonyl (C=O) groups excluding carboxylic acids is 1. The highest BCUT2D eigenvalue weighted by molar-refractivity contribution is 5.94. The average Bonchev–Trinajstić information content (AvgIpc) is 2.34. The van der Waals surface area contributed by atoms with Crippen LogP contribution in [0.4, 0.5) is 0 Å². The molecule has 0 fully saturated rings. The number of rotatable bonds is 4. The summed E-state index contributed by atoms with van der Waals surface area (Å²) < 4.78 is 0. The number of amides is 1. The number of carbonyl (C=O) groups is 1. The normalized spacial score (nSPS) is 8.88. The molecule has 0 saturated carbocycles. The number of unbranched alkanes of at least 4 members (excludes halogenated alkanes) is 1. The van der Waals surface area contributed by atoms with E-state index in [1.165, 1.54) is 0 Å². The quantitative estimate of drug-likeness (QED) is 0.771. The fourth-order valence-electron chi connectivity index (χ4n) is 1.20. The van der Waals surface area contributed by atoms with Crippen LogP contribution in [-0.4, -0.2) is 12.5 Å². The van der Waals surface area contributed by atoms with Gasteiger partial charge in [0.2, 0.25) is 0 Å². The van der Waals surface area contributed by atoms with E-state index in [0.29, 0.717) is 30.5 Å². The molecule has 16 heavy (non-hydrogen) atoms. The summed E-state index contributed by atoms with van der Waals surface area (Å²) in [4.78, 5) is 11.6. The third-order valence-electron chi connectivity index (χ3n) is 2.00. The van der Waals surface area contributed by atoms with Crippen LogP contribution in [-0.2, 0) is 0 Å². The van der Waals surface area contributed by atoms with E-state index in [4.69, 9.17) is 10.5 Å². The van der Waals surface area contributed by atoms with Gasteiger partial charge >= 0.3 is 0 Å². The molecule has 0 aliphatic heterocycles. The van der Waals surface area contributed by atoms with Crippen molar-refractivity contribution in [3.63, 3.8) is 0 Å². The molecule has 0 heterocycles. The van der Waals surface area contributed by atoms with E-state index in [-0.39, 0.29) is 5.91 Å². The van der Waals surface area contributed by atoms with Crippen molar-refractivity contribution in [2.75, 3.05) is 6.54 Å². The van der Waals surface area contributed by atoms with Gasteiger partial charge in [-0.3, -0.25) is 4.79 Å². The molecule has 0 aromatic heterocycles. The minimum absolute atomic E-state index is 0.213. The molecule has 1 rings (SSSR count). The molecule has 4 nitrogen and oxygen atoms in total. The summed E-state index contributed by atoms with van der Waals surface area (Å²) in [5.74, 6) is -0.213. The highest BCUT2D eigenvalue weighted by atomic mass is 16.1. The highest BCUT2D eigenvalue weighted by Gasteiger charge is 2.04. The first-order valence-electron chi connectivity index (χ1n) is 4.93. The number of hydrogen-bond donors (Lipinski definition) is 1. The second kappa shape index (κ2) is 6.21. The first-order chi connectivity index (χ1) is 7.77. The van der Waals surface area contributed by atoms with Crippen LogP contribution in [0.15, 0.2) is 24.3 Å². The van der Waals surface area contributed by atoms with Crippen LogP contribution in [0.1, 0.15) is 28.8 Å². The number of nitrogens with one attached hydrogen (secondary N) is 1. The van der Waals surface area contributed by atoms with Gasteiger partial charge in [-0.15, -0.1) is 0 Å². The Balaban J connectivity index is 2.54. The van der Waals surface area contributed by atoms with E-state index in [1.807, 2.05) is 12.1 Å². The standard InChI is InChI=1S/C12H11N3O/c13-6-1-2-7-15-12(16)11-5-3-4-10(8-11)9-14/h3-5,8H,1-2,7H2,(H,15,16). The zero-order valence-electron chi connectivity index (χ0n) is 8.73. The van der Waals surface area contributed by atoms with Crippen molar-refractivity contribution >= 4 is 5.91 Å². The molecule has 0 unspecified atom stereocenters. The Bertz CT molecular complexity index is 454. The molecule has 1 aromatic rings. The Morgan fingerprint density at radius 1 is 1.38 bits per heavy atom. The van der Waals surface area contributed by atoms with Crippen molar-refractivity contribution in [3.05, 3.63) is 35.4 Å². The van der Waals surface area contributed by atoms with E-state index < -0.39 is 0 Å². The molecule has 0 radical (unpaired) electrons. The molecule has 1 aromatic carbocycles. The van der Waals surface area contributed by atoms with Crippen LogP contribution in [0.2, 0.25) is 0 Å². The van der Waals surface area contributed by atoms with Crippen molar-refractivity contribution in [2.45, 2.75) is 12.8 Å². The van der Waals surface area contributed by atoms with Crippen LogP contribution in [0, 0.1) is 22.7 Å². The van der Waals surface area contributed by atoms with Crippen LogP contribution >= 0.6 is 0 Å². The minimum atomic E-state index is -0.213. The van der Waals surface area contributed by atoms with Gasteiger partial charge in [-0.1, -0.05) is 6.07 Å². The fraction of sp³-hybridized carbons (Fsp3) is 0.250. The molecule has 0 bridgehead atoms. The lowest BCUT2D eigenvalue weighted by atomic mass is 10.1. The van der Waals surface area contributed by atoms with Crippen LogP contribution in [0.5, 0.6) is 0 Å². The molecule has 0 spiro atoms. The summed E-state index contributed by atoms with van der Waals surface area (Å²) in [6.07, 6.45) is 1.07. The fourth-order valence-corrected chi connectivity index (χ4v) is 1.20. The summed E-state index contributed by atoms with van der Waals surface area (Å²) in [6.45, 7) is 0.475. The Hall–Kier alpha value is -2.33. The van der Waals surface area contributed by atoms with Gasteiger partial charge in [0.05, 0.1) is 17.7 Å². The van der Waals surface area contributed by atoms with Gasteiger partial charge in [0.1, 0.15) is 0 Å². The van der Waals surface area contributed by atoms with Gasteiger partial charge in [0.25, 0.3) is 5.91 Å². The number of nitriles is 2. The van der Waals surface area contributed by atoms with Crippen LogP contribution in [0.25, 0.3) is 0 Å². The highest BCUT2D eigenvalue weighted by Crippen LogP contribution is 2.03. The van der Waals surface area contributed by atoms with E-state index >= 15 is 0 Å². The van der Waals surface area contributed by atoms with Gasteiger partial charge in [-0.2, -0.15) is 10.5 Å². The van der Waals surface area contributed by atoms with E-state index in [9.17, 15) is 4.79 Å². The van der Waals surface area contributed by atoms with Crippen molar-refractivity contribution in [2.24, 2.45) is 0 Å². The van der Waals surface area contributed by atoms with Gasteiger partial charge in [0, 0.05) is 18.5 Å². The third kappa shape index (κ3) is 3.43. The predicted molar refractivity (Wildman–Crippen MR) is 58.3 cm³/mol. The van der Waals surface area contributed by atoms with Gasteiger partial charge < -0.3 is 5.32 Å². The molecular formula is C12H11N3O. The van der Waals surface area contributed by atoms with Crippen molar-refractivity contribution in [3.8, 4) is 12.1 Å². The third-order valence-corrected chi connectivity index (χ3v) is 2.00. The van der Waals surface area contributed by atoms with E-state index in [0.717, 1.165) is 0 Å². The zero-order chi connectivity index (χ0) is 11.8. The molecule has 0 aliphatic rings. The van der Waals surface area contributed by atoms with Crippen molar-refractivity contribution < 1.29 is 4.79 Å². The summed E-state index contributed by atoms with van der Waals surface area (Å²) in [5, 5.41) is 19.7. The Morgan fingerprint density at radius 2 is 2.19 bits per heavy atom. The minimum Gasteiger partial charge on any atom is -0.352 e. The smallest absolute Gasteiger partial charge is 0.251 e. The van der Waals surface area contributed by atoms with Crippen molar-refractivity contribution in [1.29, 1.82) is 10.5 Å². The Morgan fingerprint density at radius 3 is 2.88 bits per heavy atom. The predicted octanol–water partition coefficient (Wildman–Crippen LogP) is 1.59. The van der Waals surface area contributed by atoms with Gasteiger partial charge in [0.15, 0.2) is 0 Å². The Kier molecular flexibility index (Phi) is 4.56. The molecule has 4 heteroatoms. The molecule has 0 aliphatic carbocycles. The first-order valence-corrected chi connectivity index (χ1v) is 4.93. The van der Waals surface area contributed by atoms with Crippen LogP contribution in [0.3, 0.4) is 0 Å². The summed E-state index contributed by atoms with van der Waals surface area (Å²) >= 11 is 0. The van der Waals surface area contributed by atoms with Gasteiger partial charge in [-0.05, 0) is 24.6 Å². The zero-order valence-corrected chi connectivity index (χ0v) is 8.73. The van der Waals surface area contributed by atoms with Crippen LogP contribution < -0.4 is 5.32 Å². The average molecular weight is 213 g/mol. The lowest BCUT2D eigenvalue weighted by Crippen LogP contribution is -2.24. The number of hydrogen-bond acceptors (Lipinski definition) is 3. The summed E-state index contributed by atoms with van der Waals surface area (Å²) in [5.41, 5.74) is 0.931. The maximum atomic E-state index is 11.6. The monoisotopic (exact) mass is 213 g/mol. The van der Waals surface area contributed by atoms with Crippen molar-refractivity contribution in [1.82, 2.24) is 5.32 Å². The lowest BCUT2D eigenvalue weighted by Gasteiger charge is -2.03. The second-order valence-electron chi connectivity index (χ2n) is 3.21. The maximum Gasteiger partial charge on any atom is 0.251 e. The van der Waals surface area contributed by atoms with Gasteiger partial charge in [-0.25, -0.2) is 0 Å². The Labute approximate surface area is 94.1 Å². The number of benzene rings is 1. The van der Waals surface area contributed by atoms with E-state index in [2.05, 4.69) is 5.32 Å². The summed E-state index contributed by atoms with van der Waals surface area (Å²) in [7, 11) is 0. The lowest BCUT2D eigenvalue weighted by molar-refractivity contribution is 0.0953. The topological polar surface area (TPSA) is 76.7 Å². The molecule has 1 N–H and O–H groups in total. The SMILES string of the molecule is N#CCCCNC(=O)c1cccc(C#N)c1.